The van der Waals surface area contributed by atoms with Crippen molar-refractivity contribution in [3.05, 3.63) is 45.5 Å². The van der Waals surface area contributed by atoms with Gasteiger partial charge >= 0.3 is 5.97 Å². The van der Waals surface area contributed by atoms with Gasteiger partial charge in [0.25, 0.3) is 0 Å². The summed E-state index contributed by atoms with van der Waals surface area (Å²) in [5.74, 6) is -8.13. The first-order chi connectivity index (χ1) is 10.6. The number of ether oxygens (including phenoxy) is 1. The van der Waals surface area contributed by atoms with E-state index < -0.39 is 52.7 Å². The molecule has 0 saturated heterocycles. The van der Waals surface area contributed by atoms with Gasteiger partial charge in [-0.05, 0) is 5.41 Å². The number of benzene rings is 1. The fourth-order valence-corrected chi connectivity index (χ4v) is 3.19. The molecule has 8 heteroatoms. The van der Waals surface area contributed by atoms with Crippen LogP contribution in [0.15, 0.2) is 16.6 Å². The zero-order valence-electron chi connectivity index (χ0n) is 12.1. The van der Waals surface area contributed by atoms with Crippen LogP contribution >= 0.6 is 23.2 Å². The van der Waals surface area contributed by atoms with Crippen molar-refractivity contribution in [1.29, 1.82) is 0 Å². The van der Waals surface area contributed by atoms with E-state index in [4.69, 9.17) is 27.9 Å². The molecular formula is C15H12Cl2F4O2. The lowest BCUT2D eigenvalue weighted by Crippen LogP contribution is -2.13. The van der Waals surface area contributed by atoms with Crippen LogP contribution in [0.3, 0.4) is 0 Å². The van der Waals surface area contributed by atoms with E-state index in [2.05, 4.69) is 0 Å². The second kappa shape index (κ2) is 6.32. The Morgan fingerprint density at radius 3 is 2.22 bits per heavy atom. The molecule has 0 amide bonds. The van der Waals surface area contributed by atoms with Crippen LogP contribution in [0.2, 0.25) is 0 Å². The van der Waals surface area contributed by atoms with Gasteiger partial charge in [0.15, 0.2) is 23.3 Å². The Hall–Kier alpha value is -1.27. The number of carbonyl (C=O) groups is 1. The van der Waals surface area contributed by atoms with E-state index in [1.165, 1.54) is 0 Å². The first-order valence-corrected chi connectivity index (χ1v) is 7.38. The highest BCUT2D eigenvalue weighted by Gasteiger charge is 2.64. The average Bonchev–Trinajstić information content (AvgIpc) is 3.06. The predicted octanol–water partition coefficient (Wildman–Crippen LogP) is 4.88. The van der Waals surface area contributed by atoms with Crippen LogP contribution < -0.4 is 0 Å². The molecule has 126 valence electrons. The summed E-state index contributed by atoms with van der Waals surface area (Å²) in [5.41, 5.74) is -0.392. The summed E-state index contributed by atoms with van der Waals surface area (Å²) >= 11 is 11.4. The topological polar surface area (TPSA) is 26.3 Å². The zero-order chi connectivity index (χ0) is 17.5. The van der Waals surface area contributed by atoms with Crippen LogP contribution in [0.4, 0.5) is 17.6 Å². The molecule has 1 aliphatic rings. The fourth-order valence-electron chi connectivity index (χ4n) is 2.64. The minimum absolute atomic E-state index is 0.0844. The molecule has 0 heterocycles. The zero-order valence-corrected chi connectivity index (χ0v) is 13.6. The number of esters is 1. The summed E-state index contributed by atoms with van der Waals surface area (Å²) in [5, 5.41) is 0.257. The molecule has 2 nitrogen and oxygen atoms in total. The van der Waals surface area contributed by atoms with Crippen molar-refractivity contribution >= 4 is 29.2 Å². The smallest absolute Gasteiger partial charge is 0.310 e. The molecule has 0 bridgehead atoms. The fraction of sp³-hybridized carbons (Fsp3) is 0.400. The number of carbonyl (C=O) groups excluding carboxylic acids is 1. The van der Waals surface area contributed by atoms with Gasteiger partial charge in [-0.3, -0.25) is 4.79 Å². The van der Waals surface area contributed by atoms with Crippen molar-refractivity contribution in [2.24, 2.45) is 17.3 Å². The van der Waals surface area contributed by atoms with Gasteiger partial charge in [-0.1, -0.05) is 37.0 Å². The second-order valence-electron chi connectivity index (χ2n) is 5.83. The van der Waals surface area contributed by atoms with E-state index in [1.807, 2.05) is 0 Å². The highest BCUT2D eigenvalue weighted by molar-refractivity contribution is 6.37. The third kappa shape index (κ3) is 3.19. The number of hydrogen-bond donors (Lipinski definition) is 0. The number of rotatable bonds is 4. The molecule has 23 heavy (non-hydrogen) atoms. The van der Waals surface area contributed by atoms with Crippen LogP contribution in [0, 0.1) is 40.5 Å². The molecule has 0 spiro atoms. The maximum atomic E-state index is 13.5. The molecular weight excluding hydrogens is 359 g/mol. The number of hydrogen-bond acceptors (Lipinski definition) is 2. The standard InChI is InChI=1S/C15H12Cl2F4O2/c1-15(2)10(7(17)4-16)11(15)14(22)23-5-6-12(20)8(18)3-9(19)13(6)21/h3-4,10-11H,5H2,1-2H3. The molecule has 2 atom stereocenters. The van der Waals surface area contributed by atoms with E-state index in [0.29, 0.717) is 0 Å². The van der Waals surface area contributed by atoms with Gasteiger partial charge in [-0.15, -0.1) is 0 Å². The third-order valence-electron chi connectivity index (χ3n) is 4.04. The van der Waals surface area contributed by atoms with Crippen molar-refractivity contribution in [1.82, 2.24) is 0 Å². The summed E-state index contributed by atoms with van der Waals surface area (Å²) in [6.07, 6.45) is 0. The Morgan fingerprint density at radius 1 is 1.22 bits per heavy atom. The van der Waals surface area contributed by atoms with Gasteiger partial charge in [0.1, 0.15) is 6.61 Å². The molecule has 1 aliphatic carbocycles. The van der Waals surface area contributed by atoms with Crippen molar-refractivity contribution in [3.63, 3.8) is 0 Å². The van der Waals surface area contributed by atoms with E-state index >= 15 is 0 Å². The summed E-state index contributed by atoms with van der Waals surface area (Å²) in [6.45, 7) is 2.57. The molecule has 0 N–H and O–H groups in total. The van der Waals surface area contributed by atoms with Crippen molar-refractivity contribution in [2.45, 2.75) is 20.5 Å². The van der Waals surface area contributed by atoms with Gasteiger partial charge in [0, 0.05) is 22.6 Å². The van der Waals surface area contributed by atoms with Crippen molar-refractivity contribution in [3.8, 4) is 0 Å². The quantitative estimate of drug-likeness (QED) is 0.429. The molecule has 1 fully saturated rings. The Morgan fingerprint density at radius 2 is 1.74 bits per heavy atom. The maximum Gasteiger partial charge on any atom is 0.310 e. The lowest BCUT2D eigenvalue weighted by atomic mass is 10.1. The number of allylic oxidation sites excluding steroid dienone is 1. The summed E-state index contributed by atoms with van der Waals surface area (Å²) < 4.78 is 58.0. The van der Waals surface area contributed by atoms with Gasteiger partial charge < -0.3 is 4.74 Å². The van der Waals surface area contributed by atoms with Gasteiger partial charge in [0.2, 0.25) is 0 Å². The number of halogens is 6. The molecule has 0 aliphatic heterocycles. The van der Waals surface area contributed by atoms with Crippen LogP contribution in [0.25, 0.3) is 0 Å². The molecule has 2 unspecified atom stereocenters. The highest BCUT2D eigenvalue weighted by atomic mass is 35.5. The van der Waals surface area contributed by atoms with E-state index in [0.717, 1.165) is 5.54 Å². The van der Waals surface area contributed by atoms with Gasteiger partial charge in [0.05, 0.1) is 11.5 Å². The van der Waals surface area contributed by atoms with Crippen LogP contribution in [-0.4, -0.2) is 5.97 Å². The van der Waals surface area contributed by atoms with Crippen LogP contribution in [0.5, 0.6) is 0 Å². The van der Waals surface area contributed by atoms with Crippen molar-refractivity contribution < 1.29 is 27.1 Å². The summed E-state index contributed by atoms with van der Waals surface area (Å²) in [7, 11) is 0. The predicted molar refractivity (Wildman–Crippen MR) is 76.6 cm³/mol. The lowest BCUT2D eigenvalue weighted by molar-refractivity contribution is -0.147. The van der Waals surface area contributed by atoms with E-state index in [9.17, 15) is 22.4 Å². The van der Waals surface area contributed by atoms with Crippen LogP contribution in [-0.2, 0) is 16.1 Å². The Labute approximate surface area is 140 Å². The van der Waals surface area contributed by atoms with Crippen molar-refractivity contribution in [2.75, 3.05) is 0 Å². The average molecular weight is 371 g/mol. The van der Waals surface area contributed by atoms with E-state index in [-0.39, 0.29) is 17.0 Å². The van der Waals surface area contributed by atoms with Gasteiger partial charge in [-0.25, -0.2) is 17.6 Å². The molecule has 1 aromatic rings. The Balaban J connectivity index is 2.13. The summed E-state index contributed by atoms with van der Waals surface area (Å²) in [4.78, 5) is 12.0. The first kappa shape index (κ1) is 18.1. The third-order valence-corrected chi connectivity index (χ3v) is 4.74. The molecule has 2 rings (SSSR count). The SMILES string of the molecule is CC1(C)C(C(=O)OCc2c(F)c(F)cc(F)c2F)C1C(Cl)=CCl. The largest absolute Gasteiger partial charge is 0.460 e. The monoisotopic (exact) mass is 370 g/mol. The first-order valence-electron chi connectivity index (χ1n) is 6.57. The molecule has 0 radical (unpaired) electrons. The maximum absolute atomic E-state index is 13.5. The normalized spacial score (nSPS) is 22.9. The van der Waals surface area contributed by atoms with E-state index in [1.54, 1.807) is 13.8 Å². The second-order valence-corrected chi connectivity index (χ2v) is 6.48. The summed E-state index contributed by atoms with van der Waals surface area (Å²) in [6, 6.07) is 0.0844. The van der Waals surface area contributed by atoms with Gasteiger partial charge in [-0.2, -0.15) is 0 Å². The minimum Gasteiger partial charge on any atom is -0.460 e. The Kier molecular flexibility index (Phi) is 4.97. The van der Waals surface area contributed by atoms with Crippen LogP contribution in [0.1, 0.15) is 19.4 Å². The Bertz CT molecular complexity index is 662. The minimum atomic E-state index is -1.60. The molecule has 1 saturated carbocycles. The highest BCUT2D eigenvalue weighted by Crippen LogP contribution is 2.63. The molecule has 0 aromatic heterocycles. The lowest BCUT2D eigenvalue weighted by Gasteiger charge is -2.09. The molecule has 1 aromatic carbocycles.